The number of nitrogens with zero attached hydrogens (tertiary/aromatic N) is 2. The standard InChI is InChI=1S/C16H16Cl2N2/c1-11(13-3-7-15(17)8-4-13)19-20-12(2)14-5-9-16(18)10-6-14/h3-12H,1-2H3. The second kappa shape index (κ2) is 6.87. The Labute approximate surface area is 129 Å². The second-order valence-corrected chi connectivity index (χ2v) is 5.56. The second-order valence-electron chi connectivity index (χ2n) is 4.69. The molecule has 2 atom stereocenters. The van der Waals surface area contributed by atoms with Crippen molar-refractivity contribution in [2.24, 2.45) is 10.2 Å². The molecule has 0 bridgehead atoms. The number of halogens is 2. The van der Waals surface area contributed by atoms with Crippen LogP contribution in [0.2, 0.25) is 10.0 Å². The molecule has 104 valence electrons. The minimum Gasteiger partial charge on any atom is -0.186 e. The highest BCUT2D eigenvalue weighted by Crippen LogP contribution is 2.23. The summed E-state index contributed by atoms with van der Waals surface area (Å²) >= 11 is 11.7. The van der Waals surface area contributed by atoms with Gasteiger partial charge in [-0.1, -0.05) is 47.5 Å². The van der Waals surface area contributed by atoms with E-state index in [1.54, 1.807) is 0 Å². The minimum absolute atomic E-state index is 0.0158. The Morgan fingerprint density at radius 2 is 0.950 bits per heavy atom. The molecule has 0 amide bonds. The van der Waals surface area contributed by atoms with Crippen LogP contribution in [0.15, 0.2) is 58.8 Å². The first-order chi connectivity index (χ1) is 9.56. The van der Waals surface area contributed by atoms with Gasteiger partial charge >= 0.3 is 0 Å². The molecule has 0 radical (unpaired) electrons. The van der Waals surface area contributed by atoms with Crippen molar-refractivity contribution in [1.29, 1.82) is 0 Å². The van der Waals surface area contributed by atoms with Crippen molar-refractivity contribution in [3.05, 3.63) is 69.7 Å². The third-order valence-corrected chi connectivity index (χ3v) is 3.62. The van der Waals surface area contributed by atoms with Crippen molar-refractivity contribution in [3.8, 4) is 0 Å². The zero-order valence-electron chi connectivity index (χ0n) is 11.4. The molecule has 4 heteroatoms. The lowest BCUT2D eigenvalue weighted by Crippen LogP contribution is -1.91. The Hall–Kier alpha value is -1.38. The topological polar surface area (TPSA) is 24.7 Å². The molecule has 0 fully saturated rings. The van der Waals surface area contributed by atoms with Gasteiger partial charge in [-0.2, -0.15) is 10.2 Å². The Bertz CT molecular complexity index is 523. The van der Waals surface area contributed by atoms with Crippen LogP contribution < -0.4 is 0 Å². The average molecular weight is 307 g/mol. The van der Waals surface area contributed by atoms with Gasteiger partial charge in [0.1, 0.15) is 0 Å². The van der Waals surface area contributed by atoms with Crippen LogP contribution in [-0.4, -0.2) is 0 Å². The van der Waals surface area contributed by atoms with E-state index in [1.165, 1.54) is 0 Å². The molecule has 0 heterocycles. The molecule has 0 spiro atoms. The first-order valence-corrected chi connectivity index (χ1v) is 7.23. The third-order valence-electron chi connectivity index (χ3n) is 3.12. The zero-order chi connectivity index (χ0) is 14.5. The van der Waals surface area contributed by atoms with Gasteiger partial charge in [0, 0.05) is 10.0 Å². The monoisotopic (exact) mass is 306 g/mol. The van der Waals surface area contributed by atoms with Crippen LogP contribution in [0.5, 0.6) is 0 Å². The van der Waals surface area contributed by atoms with Gasteiger partial charge in [0.25, 0.3) is 0 Å². The Kier molecular flexibility index (Phi) is 5.16. The van der Waals surface area contributed by atoms with E-state index in [9.17, 15) is 0 Å². The van der Waals surface area contributed by atoms with Gasteiger partial charge < -0.3 is 0 Å². The van der Waals surface area contributed by atoms with Crippen molar-refractivity contribution in [1.82, 2.24) is 0 Å². The van der Waals surface area contributed by atoms with Gasteiger partial charge in [-0.25, -0.2) is 0 Å². The number of hydrogen-bond acceptors (Lipinski definition) is 2. The van der Waals surface area contributed by atoms with E-state index >= 15 is 0 Å². The summed E-state index contributed by atoms with van der Waals surface area (Å²) in [6.45, 7) is 4.03. The maximum Gasteiger partial charge on any atom is 0.0929 e. The molecule has 0 saturated carbocycles. The van der Waals surface area contributed by atoms with E-state index in [-0.39, 0.29) is 12.1 Å². The Balaban J connectivity index is 2.04. The van der Waals surface area contributed by atoms with Gasteiger partial charge in [-0.05, 0) is 49.2 Å². The summed E-state index contributed by atoms with van der Waals surface area (Å²) in [7, 11) is 0. The highest BCUT2D eigenvalue weighted by Gasteiger charge is 2.06. The highest BCUT2D eigenvalue weighted by molar-refractivity contribution is 6.30. The quantitative estimate of drug-likeness (QED) is 0.595. The van der Waals surface area contributed by atoms with E-state index in [2.05, 4.69) is 10.2 Å². The fourth-order valence-corrected chi connectivity index (χ4v) is 2.07. The van der Waals surface area contributed by atoms with Crippen LogP contribution >= 0.6 is 23.2 Å². The van der Waals surface area contributed by atoms with Crippen molar-refractivity contribution < 1.29 is 0 Å². The van der Waals surface area contributed by atoms with E-state index in [0.717, 1.165) is 21.2 Å². The van der Waals surface area contributed by atoms with E-state index < -0.39 is 0 Å². The van der Waals surface area contributed by atoms with Crippen LogP contribution in [0.3, 0.4) is 0 Å². The molecule has 20 heavy (non-hydrogen) atoms. The molecule has 0 N–H and O–H groups in total. The first-order valence-electron chi connectivity index (χ1n) is 6.47. The van der Waals surface area contributed by atoms with Crippen LogP contribution in [0, 0.1) is 0 Å². The normalized spacial score (nSPS) is 14.4. The maximum atomic E-state index is 5.87. The molecule has 0 aromatic heterocycles. The lowest BCUT2D eigenvalue weighted by atomic mass is 10.1. The van der Waals surface area contributed by atoms with Crippen molar-refractivity contribution in [2.45, 2.75) is 25.9 Å². The number of hydrogen-bond donors (Lipinski definition) is 0. The van der Waals surface area contributed by atoms with Gasteiger partial charge in [-0.3, -0.25) is 0 Å². The summed E-state index contributed by atoms with van der Waals surface area (Å²) in [6, 6.07) is 15.4. The average Bonchev–Trinajstić information content (AvgIpc) is 2.46. The molecule has 2 aromatic rings. The molecule has 2 rings (SSSR count). The van der Waals surface area contributed by atoms with E-state index in [1.807, 2.05) is 62.4 Å². The summed E-state index contributed by atoms with van der Waals surface area (Å²) in [5.74, 6) is 0. The van der Waals surface area contributed by atoms with E-state index in [0.29, 0.717) is 0 Å². The number of azo groups is 1. The molecular formula is C16H16Cl2N2. The smallest absolute Gasteiger partial charge is 0.0929 e. The molecule has 2 unspecified atom stereocenters. The molecule has 2 nitrogen and oxygen atoms in total. The molecule has 0 aliphatic rings. The van der Waals surface area contributed by atoms with Crippen LogP contribution in [0.1, 0.15) is 37.1 Å². The van der Waals surface area contributed by atoms with Crippen molar-refractivity contribution in [2.75, 3.05) is 0 Å². The predicted molar refractivity (Wildman–Crippen MR) is 84.6 cm³/mol. The lowest BCUT2D eigenvalue weighted by Gasteiger charge is -2.09. The largest absolute Gasteiger partial charge is 0.186 e. The summed E-state index contributed by atoms with van der Waals surface area (Å²) < 4.78 is 0. The molecule has 0 aliphatic heterocycles. The molecule has 0 aliphatic carbocycles. The summed E-state index contributed by atoms with van der Waals surface area (Å²) in [4.78, 5) is 0. The highest BCUT2D eigenvalue weighted by atomic mass is 35.5. The predicted octanol–water partition coefficient (Wildman–Crippen LogP) is 6.27. The van der Waals surface area contributed by atoms with E-state index in [4.69, 9.17) is 23.2 Å². The van der Waals surface area contributed by atoms with Crippen LogP contribution in [0.25, 0.3) is 0 Å². The van der Waals surface area contributed by atoms with Crippen LogP contribution in [0.4, 0.5) is 0 Å². The summed E-state index contributed by atoms with van der Waals surface area (Å²) in [6.07, 6.45) is 0. The molecule has 2 aromatic carbocycles. The van der Waals surface area contributed by atoms with Gasteiger partial charge in [0.2, 0.25) is 0 Å². The van der Waals surface area contributed by atoms with Gasteiger partial charge in [0.05, 0.1) is 12.1 Å². The van der Waals surface area contributed by atoms with Gasteiger partial charge in [-0.15, -0.1) is 0 Å². The summed E-state index contributed by atoms with van der Waals surface area (Å²) in [5.41, 5.74) is 2.20. The zero-order valence-corrected chi connectivity index (χ0v) is 12.9. The fraction of sp³-hybridized carbons (Fsp3) is 0.250. The third kappa shape index (κ3) is 4.06. The Morgan fingerprint density at radius 1 is 0.650 bits per heavy atom. The first kappa shape index (κ1) is 15.0. The molecule has 0 saturated heterocycles. The van der Waals surface area contributed by atoms with Crippen molar-refractivity contribution >= 4 is 23.2 Å². The van der Waals surface area contributed by atoms with Crippen LogP contribution in [-0.2, 0) is 0 Å². The van der Waals surface area contributed by atoms with Gasteiger partial charge in [0.15, 0.2) is 0 Å². The SMILES string of the molecule is CC(N=NC(C)c1ccc(Cl)cc1)c1ccc(Cl)cc1. The lowest BCUT2D eigenvalue weighted by molar-refractivity contribution is 0.661. The van der Waals surface area contributed by atoms with Crippen molar-refractivity contribution in [3.63, 3.8) is 0 Å². The Morgan fingerprint density at radius 3 is 1.25 bits per heavy atom. The summed E-state index contributed by atoms with van der Waals surface area (Å²) in [5, 5.41) is 10.2. The number of rotatable bonds is 4. The minimum atomic E-state index is 0.0158. The molecular weight excluding hydrogens is 291 g/mol. The number of benzene rings is 2. The fourth-order valence-electron chi connectivity index (χ4n) is 1.82. The maximum absolute atomic E-state index is 5.87.